The normalized spacial score (nSPS) is 16.0. The standard InChI is InChI=1S/C18H16N2O2/c1-19-13-8-9-14(20-10-6-7-10)16-15(13)17(21)11-4-2-3-5-12(11)18(16)22/h2-5,8-10,19-20H,6-7H2,1H3. The molecule has 0 spiro atoms. The molecular formula is C18H16N2O2. The van der Waals surface area contributed by atoms with Crippen molar-refractivity contribution in [1.29, 1.82) is 0 Å². The Kier molecular flexibility index (Phi) is 2.79. The molecule has 22 heavy (non-hydrogen) atoms. The minimum absolute atomic E-state index is 0.0783. The van der Waals surface area contributed by atoms with E-state index in [1.54, 1.807) is 31.3 Å². The number of nitrogens with one attached hydrogen (secondary N) is 2. The van der Waals surface area contributed by atoms with E-state index in [1.165, 1.54) is 0 Å². The van der Waals surface area contributed by atoms with Crippen LogP contribution in [-0.2, 0) is 0 Å². The van der Waals surface area contributed by atoms with E-state index in [4.69, 9.17) is 0 Å². The van der Waals surface area contributed by atoms with Crippen LogP contribution in [0.25, 0.3) is 0 Å². The van der Waals surface area contributed by atoms with E-state index >= 15 is 0 Å². The quantitative estimate of drug-likeness (QED) is 0.779. The molecule has 0 bridgehead atoms. The Morgan fingerprint density at radius 2 is 1.41 bits per heavy atom. The predicted molar refractivity (Wildman–Crippen MR) is 85.9 cm³/mol. The number of rotatable bonds is 3. The van der Waals surface area contributed by atoms with Crippen molar-refractivity contribution in [2.45, 2.75) is 18.9 Å². The van der Waals surface area contributed by atoms with Crippen LogP contribution in [0.5, 0.6) is 0 Å². The van der Waals surface area contributed by atoms with Gasteiger partial charge in [0.25, 0.3) is 0 Å². The minimum Gasteiger partial charge on any atom is -0.388 e. The van der Waals surface area contributed by atoms with E-state index in [9.17, 15) is 9.59 Å². The molecular weight excluding hydrogens is 276 g/mol. The highest BCUT2D eigenvalue weighted by Gasteiger charge is 2.34. The van der Waals surface area contributed by atoms with Crippen LogP contribution in [0.15, 0.2) is 36.4 Å². The van der Waals surface area contributed by atoms with E-state index in [0.717, 1.165) is 18.5 Å². The maximum atomic E-state index is 12.9. The van der Waals surface area contributed by atoms with Gasteiger partial charge in [0.15, 0.2) is 11.6 Å². The number of hydrogen-bond donors (Lipinski definition) is 2. The summed E-state index contributed by atoms with van der Waals surface area (Å²) in [5, 5.41) is 6.41. The zero-order valence-corrected chi connectivity index (χ0v) is 12.3. The summed E-state index contributed by atoms with van der Waals surface area (Å²) in [4.78, 5) is 25.8. The summed E-state index contributed by atoms with van der Waals surface area (Å²) in [6, 6.07) is 11.2. The van der Waals surface area contributed by atoms with Crippen LogP contribution in [0, 0.1) is 0 Å². The average Bonchev–Trinajstić information content (AvgIpc) is 3.36. The van der Waals surface area contributed by atoms with E-state index in [1.807, 2.05) is 12.1 Å². The Morgan fingerprint density at radius 3 is 1.95 bits per heavy atom. The molecule has 2 aromatic carbocycles. The molecule has 0 saturated heterocycles. The highest BCUT2D eigenvalue weighted by atomic mass is 16.1. The first-order chi connectivity index (χ1) is 10.7. The largest absolute Gasteiger partial charge is 0.388 e. The summed E-state index contributed by atoms with van der Waals surface area (Å²) < 4.78 is 0. The number of hydrogen-bond acceptors (Lipinski definition) is 4. The number of benzene rings is 2. The van der Waals surface area contributed by atoms with Crippen molar-refractivity contribution in [3.05, 3.63) is 58.7 Å². The fourth-order valence-corrected chi connectivity index (χ4v) is 3.00. The van der Waals surface area contributed by atoms with Crippen LogP contribution in [0.4, 0.5) is 11.4 Å². The van der Waals surface area contributed by atoms with E-state index in [0.29, 0.717) is 34.0 Å². The van der Waals surface area contributed by atoms with Gasteiger partial charge < -0.3 is 10.6 Å². The Labute approximate surface area is 128 Å². The van der Waals surface area contributed by atoms with Crippen molar-refractivity contribution in [2.24, 2.45) is 0 Å². The topological polar surface area (TPSA) is 58.2 Å². The number of anilines is 2. The predicted octanol–water partition coefficient (Wildman–Crippen LogP) is 3.08. The first-order valence-corrected chi connectivity index (χ1v) is 7.50. The zero-order chi connectivity index (χ0) is 15.3. The number of ketones is 2. The molecule has 2 aromatic rings. The van der Waals surface area contributed by atoms with Gasteiger partial charge in [0, 0.05) is 35.6 Å². The summed E-state index contributed by atoms with van der Waals surface area (Å²) in [5.74, 6) is -0.167. The van der Waals surface area contributed by atoms with Gasteiger partial charge in [-0.3, -0.25) is 9.59 Å². The molecule has 0 unspecified atom stereocenters. The SMILES string of the molecule is CNc1ccc(NC2CC2)c2c1C(=O)c1ccccc1C2=O. The van der Waals surface area contributed by atoms with Gasteiger partial charge in [-0.15, -0.1) is 0 Å². The number of carbonyl (C=O) groups is 2. The van der Waals surface area contributed by atoms with E-state index in [2.05, 4.69) is 10.6 Å². The van der Waals surface area contributed by atoms with Crippen LogP contribution < -0.4 is 10.6 Å². The molecule has 2 aliphatic rings. The second kappa shape index (κ2) is 4.70. The smallest absolute Gasteiger partial charge is 0.196 e. The van der Waals surface area contributed by atoms with Gasteiger partial charge >= 0.3 is 0 Å². The van der Waals surface area contributed by atoms with Crippen molar-refractivity contribution in [2.75, 3.05) is 17.7 Å². The van der Waals surface area contributed by atoms with Crippen molar-refractivity contribution < 1.29 is 9.59 Å². The molecule has 0 amide bonds. The van der Waals surface area contributed by atoms with Crippen molar-refractivity contribution in [3.63, 3.8) is 0 Å². The average molecular weight is 292 g/mol. The fourth-order valence-electron chi connectivity index (χ4n) is 3.00. The maximum Gasteiger partial charge on any atom is 0.196 e. The lowest BCUT2D eigenvalue weighted by Gasteiger charge is -2.23. The zero-order valence-electron chi connectivity index (χ0n) is 12.3. The lowest BCUT2D eigenvalue weighted by molar-refractivity contribution is 0.0980. The molecule has 0 aromatic heterocycles. The van der Waals surface area contributed by atoms with Gasteiger partial charge in [-0.05, 0) is 25.0 Å². The van der Waals surface area contributed by atoms with Gasteiger partial charge in [-0.2, -0.15) is 0 Å². The van der Waals surface area contributed by atoms with Gasteiger partial charge in [0.2, 0.25) is 0 Å². The molecule has 1 saturated carbocycles. The van der Waals surface area contributed by atoms with Crippen LogP contribution in [0.3, 0.4) is 0 Å². The highest BCUT2D eigenvalue weighted by molar-refractivity contribution is 6.31. The third-order valence-corrected chi connectivity index (χ3v) is 4.28. The van der Waals surface area contributed by atoms with Crippen LogP contribution >= 0.6 is 0 Å². The lowest BCUT2D eigenvalue weighted by Crippen LogP contribution is -2.24. The second-order valence-corrected chi connectivity index (χ2v) is 5.78. The highest BCUT2D eigenvalue weighted by Crippen LogP contribution is 2.38. The Bertz CT molecular complexity index is 807. The van der Waals surface area contributed by atoms with E-state index < -0.39 is 0 Å². The summed E-state index contributed by atoms with van der Waals surface area (Å²) in [6.45, 7) is 0. The minimum atomic E-state index is -0.0889. The molecule has 2 aliphatic carbocycles. The van der Waals surface area contributed by atoms with Crippen LogP contribution in [0.2, 0.25) is 0 Å². The third-order valence-electron chi connectivity index (χ3n) is 4.28. The molecule has 4 nitrogen and oxygen atoms in total. The maximum absolute atomic E-state index is 12.9. The molecule has 1 fully saturated rings. The molecule has 4 rings (SSSR count). The second-order valence-electron chi connectivity index (χ2n) is 5.78. The van der Waals surface area contributed by atoms with Gasteiger partial charge in [0.1, 0.15) is 0 Å². The fraction of sp³-hybridized carbons (Fsp3) is 0.222. The lowest BCUT2D eigenvalue weighted by atomic mass is 9.82. The summed E-state index contributed by atoms with van der Waals surface area (Å²) in [5.41, 5.74) is 3.43. The van der Waals surface area contributed by atoms with E-state index in [-0.39, 0.29) is 11.6 Å². The molecule has 0 aliphatic heterocycles. The van der Waals surface area contributed by atoms with Crippen molar-refractivity contribution in [1.82, 2.24) is 0 Å². The van der Waals surface area contributed by atoms with Crippen LogP contribution in [0.1, 0.15) is 44.7 Å². The molecule has 4 heteroatoms. The Hall–Kier alpha value is -2.62. The van der Waals surface area contributed by atoms with Gasteiger partial charge in [-0.1, -0.05) is 24.3 Å². The molecule has 2 N–H and O–H groups in total. The monoisotopic (exact) mass is 292 g/mol. The first-order valence-electron chi connectivity index (χ1n) is 7.50. The number of carbonyl (C=O) groups excluding carboxylic acids is 2. The number of fused-ring (bicyclic) bond motifs is 2. The molecule has 0 atom stereocenters. The van der Waals surface area contributed by atoms with Crippen LogP contribution in [-0.4, -0.2) is 24.7 Å². The Morgan fingerprint density at radius 1 is 0.864 bits per heavy atom. The van der Waals surface area contributed by atoms with Gasteiger partial charge in [0.05, 0.1) is 11.1 Å². The summed E-state index contributed by atoms with van der Waals surface area (Å²) in [7, 11) is 1.77. The molecule has 0 heterocycles. The summed E-state index contributed by atoms with van der Waals surface area (Å²) in [6.07, 6.45) is 2.22. The van der Waals surface area contributed by atoms with Crippen molar-refractivity contribution >= 4 is 22.9 Å². The van der Waals surface area contributed by atoms with Crippen molar-refractivity contribution in [3.8, 4) is 0 Å². The summed E-state index contributed by atoms with van der Waals surface area (Å²) >= 11 is 0. The third kappa shape index (κ3) is 1.84. The molecule has 110 valence electrons. The molecule has 0 radical (unpaired) electrons. The first kappa shape index (κ1) is 13.1. The Balaban J connectivity index is 1.96. The van der Waals surface area contributed by atoms with Gasteiger partial charge in [-0.25, -0.2) is 0 Å².